The summed E-state index contributed by atoms with van der Waals surface area (Å²) in [4.78, 5) is 24.4. The van der Waals surface area contributed by atoms with Crippen molar-refractivity contribution >= 4 is 16.9 Å². The van der Waals surface area contributed by atoms with Gasteiger partial charge < -0.3 is 40.0 Å². The van der Waals surface area contributed by atoms with E-state index in [1.807, 2.05) is 0 Å². The molecule has 10 heteroatoms. The first-order valence-corrected chi connectivity index (χ1v) is 7.70. The standard InChI is InChI=1S/C16H17NO9/c18-5-10-12(20)13(21)11(16(24)26-10)17-14(22)8-3-6-1-2-7(19)4-9(6)25-15(8)23/h1-4,10-13,16,18-21,24H,5H2,(H,17,22)/t10?,11?,12-,13-,16-/m1/s1. The first kappa shape index (κ1) is 18.3. The minimum absolute atomic E-state index is 0.0776. The van der Waals surface area contributed by atoms with Crippen LogP contribution in [0.4, 0.5) is 0 Å². The number of fused-ring (bicyclic) bond motifs is 1. The number of carbonyl (C=O) groups is 1. The molecular weight excluding hydrogens is 350 g/mol. The topological polar surface area (TPSA) is 170 Å². The van der Waals surface area contributed by atoms with E-state index in [-0.39, 0.29) is 11.3 Å². The summed E-state index contributed by atoms with van der Waals surface area (Å²) in [6.45, 7) is -0.642. The number of hydrogen-bond acceptors (Lipinski definition) is 9. The second kappa shape index (κ2) is 7.02. The first-order chi connectivity index (χ1) is 12.3. The highest BCUT2D eigenvalue weighted by Crippen LogP contribution is 2.21. The van der Waals surface area contributed by atoms with Crippen LogP contribution < -0.4 is 10.9 Å². The molecule has 1 aromatic carbocycles. The van der Waals surface area contributed by atoms with Crippen LogP contribution in [0.5, 0.6) is 5.75 Å². The molecule has 1 saturated heterocycles. The van der Waals surface area contributed by atoms with Gasteiger partial charge in [-0.25, -0.2) is 4.79 Å². The monoisotopic (exact) mass is 367 g/mol. The maximum Gasteiger partial charge on any atom is 0.349 e. The Kier molecular flexibility index (Phi) is 4.94. The largest absolute Gasteiger partial charge is 0.508 e. The van der Waals surface area contributed by atoms with Gasteiger partial charge in [0.2, 0.25) is 0 Å². The smallest absolute Gasteiger partial charge is 0.349 e. The zero-order valence-corrected chi connectivity index (χ0v) is 13.3. The summed E-state index contributed by atoms with van der Waals surface area (Å²) in [6, 6.07) is 3.79. The van der Waals surface area contributed by atoms with Crippen molar-refractivity contribution in [3.05, 3.63) is 40.2 Å². The Balaban J connectivity index is 1.86. The van der Waals surface area contributed by atoms with Gasteiger partial charge in [-0.2, -0.15) is 0 Å². The van der Waals surface area contributed by atoms with E-state index in [9.17, 15) is 30.0 Å². The molecular formula is C16H17NO9. The van der Waals surface area contributed by atoms with Gasteiger partial charge in [0.1, 0.15) is 41.2 Å². The molecule has 1 amide bonds. The molecule has 2 unspecified atom stereocenters. The average Bonchev–Trinajstić information content (AvgIpc) is 2.60. The van der Waals surface area contributed by atoms with Gasteiger partial charge in [-0.15, -0.1) is 0 Å². The zero-order valence-electron chi connectivity index (χ0n) is 13.3. The normalized spacial score (nSPS) is 28.8. The highest BCUT2D eigenvalue weighted by Gasteiger charge is 2.44. The second-order valence-electron chi connectivity index (χ2n) is 5.90. The van der Waals surface area contributed by atoms with Crippen molar-refractivity contribution in [3.63, 3.8) is 0 Å². The van der Waals surface area contributed by atoms with Crippen molar-refractivity contribution in [1.29, 1.82) is 0 Å². The van der Waals surface area contributed by atoms with Crippen molar-refractivity contribution in [2.75, 3.05) is 6.61 Å². The predicted octanol–water partition coefficient (Wildman–Crippen LogP) is -1.97. The number of phenols is 1. The molecule has 2 aromatic rings. The third kappa shape index (κ3) is 3.28. The van der Waals surface area contributed by atoms with Crippen molar-refractivity contribution in [1.82, 2.24) is 5.32 Å². The summed E-state index contributed by atoms with van der Waals surface area (Å²) in [7, 11) is 0. The van der Waals surface area contributed by atoms with Gasteiger partial charge in [-0.3, -0.25) is 4.79 Å². The summed E-state index contributed by atoms with van der Waals surface area (Å²) in [6.07, 6.45) is -6.11. The molecule has 0 aliphatic carbocycles. The molecule has 1 aliphatic heterocycles. The van der Waals surface area contributed by atoms with E-state index >= 15 is 0 Å². The van der Waals surface area contributed by atoms with Crippen LogP contribution in [0.15, 0.2) is 33.5 Å². The number of carbonyl (C=O) groups excluding carboxylic acids is 1. The van der Waals surface area contributed by atoms with E-state index in [1.54, 1.807) is 0 Å². The number of aliphatic hydroxyl groups is 4. The van der Waals surface area contributed by atoms with Crippen LogP contribution in [0.2, 0.25) is 0 Å². The van der Waals surface area contributed by atoms with Crippen molar-refractivity contribution in [3.8, 4) is 5.75 Å². The summed E-state index contributed by atoms with van der Waals surface area (Å²) in [5, 5.41) is 50.7. The molecule has 0 spiro atoms. The van der Waals surface area contributed by atoms with E-state index in [1.165, 1.54) is 24.3 Å². The van der Waals surface area contributed by atoms with Gasteiger partial charge in [0.15, 0.2) is 6.29 Å². The SMILES string of the molecule is O=C(NC1[C@H](O)OC(CO)[C@@H](O)[C@@H]1O)c1cc2ccc(O)cc2oc1=O. The first-order valence-electron chi connectivity index (χ1n) is 7.70. The van der Waals surface area contributed by atoms with E-state index in [4.69, 9.17) is 14.3 Å². The molecule has 140 valence electrons. The summed E-state index contributed by atoms with van der Waals surface area (Å²) >= 11 is 0. The fourth-order valence-corrected chi connectivity index (χ4v) is 2.74. The Hall–Kier alpha value is -2.50. The van der Waals surface area contributed by atoms with Crippen LogP contribution in [0, 0.1) is 0 Å². The Labute approximate surface area is 145 Å². The highest BCUT2D eigenvalue weighted by molar-refractivity contribution is 5.97. The summed E-state index contributed by atoms with van der Waals surface area (Å²) in [5.74, 6) is -1.08. The lowest BCUT2D eigenvalue weighted by Crippen LogP contribution is -2.64. The van der Waals surface area contributed by atoms with Gasteiger partial charge in [0, 0.05) is 11.5 Å². The molecule has 6 N–H and O–H groups in total. The number of amides is 1. The molecule has 0 saturated carbocycles. The molecule has 0 radical (unpaired) electrons. The maximum absolute atomic E-state index is 12.4. The highest BCUT2D eigenvalue weighted by atomic mass is 16.6. The predicted molar refractivity (Wildman–Crippen MR) is 85.4 cm³/mol. The Morgan fingerprint density at radius 2 is 1.88 bits per heavy atom. The third-order valence-electron chi connectivity index (χ3n) is 4.16. The van der Waals surface area contributed by atoms with Gasteiger partial charge >= 0.3 is 5.63 Å². The quantitative estimate of drug-likeness (QED) is 0.337. The molecule has 1 aromatic heterocycles. The van der Waals surface area contributed by atoms with Crippen LogP contribution in [0.1, 0.15) is 10.4 Å². The number of aliphatic hydroxyl groups excluding tert-OH is 4. The van der Waals surface area contributed by atoms with Gasteiger partial charge in [-0.05, 0) is 18.2 Å². The fraction of sp³-hybridized carbons (Fsp3) is 0.375. The van der Waals surface area contributed by atoms with Crippen LogP contribution in [0.3, 0.4) is 0 Å². The minimum Gasteiger partial charge on any atom is -0.508 e. The van der Waals surface area contributed by atoms with Gasteiger partial charge in [0.25, 0.3) is 5.91 Å². The number of phenolic OH excluding ortho intramolecular Hbond substituents is 1. The van der Waals surface area contributed by atoms with Crippen LogP contribution in [0.25, 0.3) is 11.0 Å². The molecule has 1 fully saturated rings. The van der Waals surface area contributed by atoms with Crippen LogP contribution in [-0.2, 0) is 4.74 Å². The summed E-state index contributed by atoms with van der Waals surface area (Å²) < 4.78 is 9.91. The van der Waals surface area contributed by atoms with Gasteiger partial charge in [0.05, 0.1) is 6.61 Å². The van der Waals surface area contributed by atoms with Crippen LogP contribution in [-0.4, -0.2) is 68.7 Å². The number of benzene rings is 1. The van der Waals surface area contributed by atoms with Crippen molar-refractivity contribution in [2.24, 2.45) is 0 Å². The number of aromatic hydroxyl groups is 1. The Morgan fingerprint density at radius 3 is 2.58 bits per heavy atom. The van der Waals surface area contributed by atoms with E-state index in [2.05, 4.69) is 5.32 Å². The van der Waals surface area contributed by atoms with Crippen LogP contribution >= 0.6 is 0 Å². The number of rotatable bonds is 3. The lowest BCUT2D eigenvalue weighted by Gasteiger charge is -2.40. The molecule has 10 nitrogen and oxygen atoms in total. The number of nitrogens with one attached hydrogen (secondary N) is 1. The minimum atomic E-state index is -1.71. The maximum atomic E-state index is 12.4. The zero-order chi connectivity index (χ0) is 19.0. The lowest BCUT2D eigenvalue weighted by atomic mass is 9.97. The van der Waals surface area contributed by atoms with Crippen molar-refractivity contribution < 1.29 is 39.5 Å². The average molecular weight is 367 g/mol. The van der Waals surface area contributed by atoms with E-state index < -0.39 is 54.3 Å². The van der Waals surface area contributed by atoms with Gasteiger partial charge in [-0.1, -0.05) is 0 Å². The Morgan fingerprint density at radius 1 is 1.15 bits per heavy atom. The molecule has 5 atom stereocenters. The molecule has 2 heterocycles. The number of hydrogen-bond donors (Lipinski definition) is 6. The summed E-state index contributed by atoms with van der Waals surface area (Å²) in [5.41, 5.74) is -1.31. The third-order valence-corrected chi connectivity index (χ3v) is 4.16. The Bertz CT molecular complexity index is 880. The lowest BCUT2D eigenvalue weighted by molar-refractivity contribution is -0.252. The molecule has 0 bridgehead atoms. The number of ether oxygens (including phenoxy) is 1. The second-order valence-corrected chi connectivity index (χ2v) is 5.90. The molecule has 26 heavy (non-hydrogen) atoms. The van der Waals surface area contributed by atoms with E-state index in [0.717, 1.165) is 0 Å². The molecule has 1 aliphatic rings. The molecule has 3 rings (SSSR count). The van der Waals surface area contributed by atoms with Crippen molar-refractivity contribution in [2.45, 2.75) is 30.6 Å². The van der Waals surface area contributed by atoms with E-state index in [0.29, 0.717) is 5.39 Å². The fourth-order valence-electron chi connectivity index (χ4n) is 2.74.